The van der Waals surface area contributed by atoms with Crippen LogP contribution < -0.4 is 42.8 Å². The number of hydrazine groups is 1. The Labute approximate surface area is 739 Å². The summed E-state index contributed by atoms with van der Waals surface area (Å²) in [7, 11) is 0. The third kappa shape index (κ3) is 139. The van der Waals surface area contributed by atoms with E-state index in [-0.39, 0.29) is 111 Å². The lowest BCUT2D eigenvalue weighted by atomic mass is 10.0. The van der Waals surface area contributed by atoms with Gasteiger partial charge in [0.1, 0.15) is 0 Å². The zero-order valence-corrected chi connectivity index (χ0v) is 65.3. The van der Waals surface area contributed by atoms with E-state index in [1.165, 1.54) is 229 Å². The van der Waals surface area contributed by atoms with Crippen molar-refractivity contribution in [1.82, 2.24) is 77.9 Å². The molecule has 2 aliphatic carbocycles. The first-order valence-electron chi connectivity index (χ1n) is 38.2. The lowest BCUT2D eigenvalue weighted by Crippen LogP contribution is -2.26. The molecule has 18 rings (SSSR count). The normalized spacial score (nSPS) is 15.8. The molecule has 15 heterocycles. The summed E-state index contributed by atoms with van der Waals surface area (Å²) < 4.78 is 20.0. The van der Waals surface area contributed by atoms with Crippen molar-refractivity contribution in [2.24, 2.45) is 0 Å². The van der Waals surface area contributed by atoms with E-state index in [1.54, 1.807) is 77.9 Å². The Morgan fingerprint density at radius 3 is 0.810 bits per heavy atom. The van der Waals surface area contributed by atoms with Gasteiger partial charge < -0.3 is 39.5 Å². The van der Waals surface area contributed by atoms with Crippen molar-refractivity contribution in [3.8, 4) is 0 Å². The van der Waals surface area contributed by atoms with Crippen LogP contribution in [-0.4, -0.2) is 177 Å². The molecule has 9 aliphatic heterocycles. The number of piperidine rings is 1. The molecule has 0 spiro atoms. The predicted octanol–water partition coefficient (Wildman–Crippen LogP) is 26.0. The molecule has 9 saturated heterocycles. The molecule has 1 aromatic carbocycles. The minimum atomic E-state index is 0. The van der Waals surface area contributed by atoms with Gasteiger partial charge in [-0.2, -0.15) is 40.0 Å². The van der Waals surface area contributed by atoms with Crippen molar-refractivity contribution in [3.05, 3.63) is 169 Å². The van der Waals surface area contributed by atoms with Crippen LogP contribution in [0.1, 0.15) is 291 Å². The van der Waals surface area contributed by atoms with Gasteiger partial charge in [0.25, 0.3) is 0 Å². The van der Waals surface area contributed by atoms with Gasteiger partial charge in [0, 0.05) is 101 Å². The number of thiophene rings is 1. The van der Waals surface area contributed by atoms with E-state index in [1.807, 2.05) is 113 Å². The van der Waals surface area contributed by atoms with E-state index in [4.69, 9.17) is 18.9 Å². The molecule has 11 fully saturated rings. The average Bonchev–Trinajstić information content (AvgIpc) is 2.12. The first-order chi connectivity index (χ1) is 50.5. The molecular weight excluding hydrogens is 1520 g/mol. The number of thiazole rings is 1. The van der Waals surface area contributed by atoms with E-state index in [0.717, 1.165) is 92.6 Å². The van der Waals surface area contributed by atoms with Crippen LogP contribution in [0, 0.1) is 0 Å². The predicted molar refractivity (Wildman–Crippen MR) is 537 cm³/mol. The number of ether oxygens (including phenoxy) is 4. The summed E-state index contributed by atoms with van der Waals surface area (Å²) in [6.07, 6.45) is 57.2. The summed E-state index contributed by atoms with van der Waals surface area (Å²) in [6, 6.07) is 27.5. The highest BCUT2D eigenvalue weighted by Crippen LogP contribution is 2.17. The standard InChI is InChI=1S/C6H13NO.C6H12.C6H6.C5H11NO.C5H11N.C5H5N.C5H10S.C5H10.C4H9NO.C4H9N.C4H5N.C4H8S.C4H4S.C3H4N2.C3H8N2.C3H4N2.C3H7NO.C3H3NS.15CH4/c1-2-4-7-6-8-5-3-1;2*1-2-4-6-5-3-1;1-2-4-7-5-6-3-1;3*1-2-4-6-5-3-1;1-2-4-5-3-1;1-2-5-4-6-3-1;4*1-2-4-5-3-1;1-2-5-3-4-1;2*1-2-4-5-3-1;2*1-2-5-3-4-1;;;;;;;;;;;;;;;/h7H,1-6H2;1-6H2;1-6H;6H,1-5H2;6H,1-5H2;1-5H;1-5H2;1-5H2;5H,1-4H2;5H,1-4H2;1-5H;1-4H2;1-4H;1-3H,(H,4,5);4-5H,1-3H2;1-3H,(H,4,5);4H,1-3H2;1-3H;15*1H4. The van der Waals surface area contributed by atoms with Crippen molar-refractivity contribution in [2.45, 2.75) is 291 Å². The largest absolute Gasteiger partial charge is 0.368 e. The number of aromatic amines is 3. The van der Waals surface area contributed by atoms with Crippen molar-refractivity contribution in [3.63, 3.8) is 0 Å². The molecule has 19 nitrogen and oxygen atoms in total. The van der Waals surface area contributed by atoms with Gasteiger partial charge in [0.2, 0.25) is 0 Å². The molecule has 0 atom stereocenters. The molecule has 0 amide bonds. The molecule has 694 valence electrons. The molecule has 6 aromatic heterocycles. The number of nitrogens with one attached hydrogen (secondary N) is 11. The van der Waals surface area contributed by atoms with Crippen LogP contribution in [-0.2, 0) is 18.9 Å². The highest BCUT2D eigenvalue weighted by Gasteiger charge is 2.00. The van der Waals surface area contributed by atoms with Crippen LogP contribution in [0.4, 0.5) is 0 Å². The molecule has 7 aromatic rings. The van der Waals surface area contributed by atoms with E-state index < -0.39 is 0 Å². The molecule has 2 saturated carbocycles. The zero-order chi connectivity index (χ0) is 71.4. The number of pyridine rings is 1. The molecule has 0 bridgehead atoms. The molecule has 116 heavy (non-hydrogen) atoms. The molecule has 11 N–H and O–H groups in total. The Hall–Kier alpha value is -4.38. The Kier molecular flexibility index (Phi) is 180. The number of nitrogens with zero attached hydrogens (tertiary/aromatic N) is 4. The average molecular weight is 1720 g/mol. The van der Waals surface area contributed by atoms with E-state index in [9.17, 15) is 0 Å². The smallest absolute Gasteiger partial charge is 0.0966 e. The van der Waals surface area contributed by atoms with Crippen molar-refractivity contribution >= 4 is 46.2 Å². The van der Waals surface area contributed by atoms with Gasteiger partial charge in [0.05, 0.1) is 45.4 Å². The van der Waals surface area contributed by atoms with Gasteiger partial charge in [-0.05, 0) is 206 Å². The maximum Gasteiger partial charge on any atom is 0.0966 e. The topological polar surface area (TPSA) is 232 Å². The van der Waals surface area contributed by atoms with Gasteiger partial charge >= 0.3 is 0 Å². The number of benzene rings is 1. The number of rotatable bonds is 0. The number of thioether (sulfide) groups is 2. The van der Waals surface area contributed by atoms with Crippen LogP contribution in [0.3, 0.4) is 0 Å². The number of hydrogen-bond acceptors (Lipinski definition) is 20. The maximum atomic E-state index is 5.16. The Balaban J connectivity index is -0.0000000712. The molecule has 23 heteroatoms. The lowest BCUT2D eigenvalue weighted by molar-refractivity contribution is 0.0848. The summed E-state index contributed by atoms with van der Waals surface area (Å²) in [5.41, 5.74) is 7.74. The molecule has 11 aliphatic rings. The van der Waals surface area contributed by atoms with Crippen LogP contribution in [0.25, 0.3) is 0 Å². The second kappa shape index (κ2) is 142. The van der Waals surface area contributed by atoms with Gasteiger partial charge in [0.15, 0.2) is 0 Å². The second-order valence-electron chi connectivity index (χ2n) is 23.7. The first-order valence-corrected chi connectivity index (χ1v) is 42.4. The molecular formula is C93H199N15O4S4. The fourth-order valence-corrected chi connectivity index (χ4v) is 12.1. The lowest BCUT2D eigenvalue weighted by Gasteiger charge is -2.10. The van der Waals surface area contributed by atoms with Gasteiger partial charge in [-0.3, -0.25) is 47.2 Å². The second-order valence-corrected chi connectivity index (χ2v) is 27.8. The van der Waals surface area contributed by atoms with Crippen molar-refractivity contribution < 1.29 is 18.9 Å². The SMILES string of the molecule is C.C.C.C.C.C.C.C.C.C.C.C.C.C.C.C1CCCC1.C1CCCCC1.C1CCNC1.C1CCNCC1.C1CCNCOCC1.C1CCOCNC1.C1CCSC1.C1CCSCC1.C1CNCOC1.C1CNNC1.C1COCN1.c1c[nH]cn1.c1cc[nH]c1.c1ccccc1.c1ccncc1.c1ccsc1.c1cn[nH]c1.c1cscn1. The third-order valence-corrected chi connectivity index (χ3v) is 18.2. The van der Waals surface area contributed by atoms with Crippen LogP contribution in [0.5, 0.6) is 0 Å². The third-order valence-electron chi connectivity index (χ3n) is 14.8. The summed E-state index contributed by atoms with van der Waals surface area (Å²) in [5.74, 6) is 5.67. The number of H-pyrrole nitrogens is 3. The zero-order valence-electron chi connectivity index (χ0n) is 62.1. The summed E-state index contributed by atoms with van der Waals surface area (Å²) in [5, 5.41) is 31.1. The Bertz CT molecular complexity index is 1710. The van der Waals surface area contributed by atoms with Gasteiger partial charge in [-0.1, -0.05) is 249 Å². The van der Waals surface area contributed by atoms with Crippen LogP contribution >= 0.6 is 46.2 Å². The monoisotopic (exact) mass is 1720 g/mol. The Morgan fingerprint density at radius 2 is 0.603 bits per heavy atom. The van der Waals surface area contributed by atoms with Gasteiger partial charge in [-0.15, -0.1) is 11.3 Å². The van der Waals surface area contributed by atoms with Crippen LogP contribution in [0.15, 0.2) is 169 Å². The van der Waals surface area contributed by atoms with Crippen molar-refractivity contribution in [2.75, 3.05) is 142 Å². The highest BCUT2D eigenvalue weighted by atomic mass is 32.2. The number of imidazole rings is 1. The number of hydrogen-bond donors (Lipinski definition) is 11. The van der Waals surface area contributed by atoms with E-state index in [2.05, 4.69) is 101 Å². The van der Waals surface area contributed by atoms with E-state index >= 15 is 0 Å². The van der Waals surface area contributed by atoms with E-state index in [0.29, 0.717) is 0 Å². The minimum Gasteiger partial charge on any atom is -0.368 e. The van der Waals surface area contributed by atoms with Crippen molar-refractivity contribution in [1.29, 1.82) is 0 Å². The maximum absolute atomic E-state index is 5.16. The summed E-state index contributed by atoms with van der Waals surface area (Å²) >= 11 is 7.48. The van der Waals surface area contributed by atoms with Crippen LogP contribution in [0.2, 0.25) is 0 Å². The molecule has 0 unspecified atom stereocenters. The Morgan fingerprint density at radius 1 is 0.233 bits per heavy atom. The van der Waals surface area contributed by atoms with Gasteiger partial charge in [-0.25, -0.2) is 4.98 Å². The minimum absolute atomic E-state index is 0. The fraction of sp³-hybridized carbons (Fsp3) is 0.699. The first kappa shape index (κ1) is 146. The summed E-state index contributed by atoms with van der Waals surface area (Å²) in [4.78, 5) is 16.8. The molecule has 0 radical (unpaired) electrons. The summed E-state index contributed by atoms with van der Waals surface area (Å²) in [6.45, 7) is 18.4. The highest BCUT2D eigenvalue weighted by molar-refractivity contribution is 7.99. The number of aromatic nitrogens is 7. The fourth-order valence-electron chi connectivity index (χ4n) is 9.21. The quantitative estimate of drug-likeness (QED) is 0.0678.